The molecular weight excluding hydrogens is 290 g/mol. The molecule has 7 heteroatoms. The van der Waals surface area contributed by atoms with E-state index >= 15 is 0 Å². The molecule has 0 aromatic carbocycles. The van der Waals surface area contributed by atoms with Crippen LogP contribution in [0.25, 0.3) is 0 Å². The van der Waals surface area contributed by atoms with Gasteiger partial charge in [0.05, 0.1) is 35.3 Å². The summed E-state index contributed by atoms with van der Waals surface area (Å²) in [5.41, 5.74) is 1.79. The third-order valence-corrected chi connectivity index (χ3v) is 3.69. The summed E-state index contributed by atoms with van der Waals surface area (Å²) in [5, 5.41) is 7.46. The van der Waals surface area contributed by atoms with Crippen molar-refractivity contribution in [3.05, 3.63) is 45.4 Å². The van der Waals surface area contributed by atoms with Gasteiger partial charge in [0.15, 0.2) is 0 Å². The van der Waals surface area contributed by atoms with Crippen LogP contribution in [0, 0.1) is 12.8 Å². The molecule has 1 fully saturated rings. The zero-order valence-electron chi connectivity index (χ0n) is 11.7. The molecule has 0 atom stereocenters. The highest BCUT2D eigenvalue weighted by Crippen LogP contribution is 2.30. The summed E-state index contributed by atoms with van der Waals surface area (Å²) in [5.74, 6) is 0.576. The number of rotatable bonds is 5. The van der Waals surface area contributed by atoms with E-state index in [1.807, 2.05) is 6.92 Å². The van der Waals surface area contributed by atoms with Gasteiger partial charge in [0.2, 0.25) is 0 Å². The van der Waals surface area contributed by atoms with Gasteiger partial charge in [-0.3, -0.25) is 14.8 Å². The summed E-state index contributed by atoms with van der Waals surface area (Å²) < 4.78 is 1.48. The Balaban J connectivity index is 1.77. The lowest BCUT2D eigenvalue weighted by atomic mass is 10.3. The van der Waals surface area contributed by atoms with Crippen LogP contribution < -0.4 is 10.9 Å². The summed E-state index contributed by atoms with van der Waals surface area (Å²) >= 11 is 6.07. The molecule has 3 rings (SSSR count). The summed E-state index contributed by atoms with van der Waals surface area (Å²) in [6.07, 6.45) is 7.21. The molecule has 0 saturated heterocycles. The first-order valence-electron chi connectivity index (χ1n) is 6.90. The minimum atomic E-state index is -0.186. The van der Waals surface area contributed by atoms with E-state index in [0.717, 1.165) is 11.4 Å². The third kappa shape index (κ3) is 3.39. The lowest BCUT2D eigenvalue weighted by molar-refractivity contribution is 0.534. The van der Waals surface area contributed by atoms with Crippen LogP contribution in [-0.4, -0.2) is 19.7 Å². The number of hydrogen-bond donors (Lipinski definition) is 1. The molecule has 1 aliphatic rings. The standard InChI is InChI=1S/C14H16ClN5O/c1-9-4-17-11(5-16-9)6-18-13-12(15)7-19-20(14(13)21)8-10-2-3-10/h4-5,7,10,18H,2-3,6,8H2,1H3. The Kier molecular flexibility index (Phi) is 3.88. The van der Waals surface area contributed by atoms with Gasteiger partial charge in [-0.25, -0.2) is 4.68 Å². The van der Waals surface area contributed by atoms with E-state index in [1.165, 1.54) is 23.7 Å². The summed E-state index contributed by atoms with van der Waals surface area (Å²) in [7, 11) is 0. The number of aryl methyl sites for hydroxylation is 1. The maximum Gasteiger partial charge on any atom is 0.291 e. The lowest BCUT2D eigenvalue weighted by Gasteiger charge is -2.10. The number of nitrogens with one attached hydrogen (secondary N) is 1. The molecule has 1 aliphatic carbocycles. The molecule has 6 nitrogen and oxygen atoms in total. The van der Waals surface area contributed by atoms with Crippen molar-refractivity contribution < 1.29 is 0 Å². The molecule has 1 saturated carbocycles. The predicted molar refractivity (Wildman–Crippen MR) is 80.3 cm³/mol. The van der Waals surface area contributed by atoms with Crippen molar-refractivity contribution in [3.63, 3.8) is 0 Å². The predicted octanol–water partition coefficient (Wildman–Crippen LogP) is 2.02. The van der Waals surface area contributed by atoms with Crippen LogP contribution in [0.1, 0.15) is 24.2 Å². The Labute approximate surface area is 127 Å². The first-order chi connectivity index (χ1) is 10.1. The minimum absolute atomic E-state index is 0.186. The highest BCUT2D eigenvalue weighted by Gasteiger charge is 2.23. The summed E-state index contributed by atoms with van der Waals surface area (Å²) in [4.78, 5) is 20.8. The second-order valence-corrected chi connectivity index (χ2v) is 5.71. The van der Waals surface area contributed by atoms with Crippen LogP contribution in [0.3, 0.4) is 0 Å². The number of aromatic nitrogens is 4. The fraction of sp³-hybridized carbons (Fsp3) is 0.429. The zero-order valence-corrected chi connectivity index (χ0v) is 12.5. The number of hydrogen-bond acceptors (Lipinski definition) is 5. The van der Waals surface area contributed by atoms with Crippen LogP contribution in [0.2, 0.25) is 5.02 Å². The topological polar surface area (TPSA) is 72.7 Å². The maximum atomic E-state index is 12.3. The Morgan fingerprint density at radius 3 is 2.81 bits per heavy atom. The number of anilines is 1. The summed E-state index contributed by atoms with van der Waals surface area (Å²) in [6.45, 7) is 2.94. The van der Waals surface area contributed by atoms with Gasteiger partial charge in [-0.05, 0) is 25.7 Å². The molecule has 110 valence electrons. The van der Waals surface area contributed by atoms with Gasteiger partial charge < -0.3 is 5.32 Å². The van der Waals surface area contributed by atoms with Gasteiger partial charge in [0.25, 0.3) is 5.56 Å². The SMILES string of the molecule is Cc1cnc(CNc2c(Cl)cnn(CC3CC3)c2=O)cn1. The van der Waals surface area contributed by atoms with Crippen molar-refractivity contribution in [1.82, 2.24) is 19.7 Å². The van der Waals surface area contributed by atoms with Gasteiger partial charge in [-0.2, -0.15) is 5.10 Å². The molecule has 2 aromatic heterocycles. The highest BCUT2D eigenvalue weighted by atomic mass is 35.5. The Morgan fingerprint density at radius 2 is 2.14 bits per heavy atom. The zero-order chi connectivity index (χ0) is 14.8. The van der Waals surface area contributed by atoms with E-state index in [-0.39, 0.29) is 5.56 Å². The molecule has 0 aliphatic heterocycles. The first kappa shape index (κ1) is 14.0. The van der Waals surface area contributed by atoms with E-state index in [2.05, 4.69) is 20.4 Å². The average Bonchev–Trinajstić information content (AvgIpc) is 3.28. The van der Waals surface area contributed by atoms with E-state index in [1.54, 1.807) is 12.4 Å². The Morgan fingerprint density at radius 1 is 1.33 bits per heavy atom. The van der Waals surface area contributed by atoms with Crippen molar-refractivity contribution in [2.75, 3.05) is 5.32 Å². The molecule has 0 spiro atoms. The minimum Gasteiger partial charge on any atom is -0.374 e. The molecule has 0 unspecified atom stereocenters. The lowest BCUT2D eigenvalue weighted by Crippen LogP contribution is -2.26. The Hall–Kier alpha value is -1.95. The molecule has 0 amide bonds. The number of nitrogens with zero attached hydrogens (tertiary/aromatic N) is 4. The van der Waals surface area contributed by atoms with Gasteiger partial charge >= 0.3 is 0 Å². The maximum absolute atomic E-state index is 12.3. The van der Waals surface area contributed by atoms with Gasteiger partial charge in [0, 0.05) is 12.7 Å². The van der Waals surface area contributed by atoms with Gasteiger partial charge in [-0.15, -0.1) is 0 Å². The van der Waals surface area contributed by atoms with Crippen LogP contribution in [0.4, 0.5) is 5.69 Å². The van der Waals surface area contributed by atoms with Crippen LogP contribution in [0.15, 0.2) is 23.4 Å². The van der Waals surface area contributed by atoms with Gasteiger partial charge in [0.1, 0.15) is 5.69 Å². The number of halogens is 1. The van der Waals surface area contributed by atoms with Crippen molar-refractivity contribution in [2.45, 2.75) is 32.9 Å². The van der Waals surface area contributed by atoms with E-state index in [4.69, 9.17) is 11.6 Å². The third-order valence-electron chi connectivity index (χ3n) is 3.41. The summed E-state index contributed by atoms with van der Waals surface area (Å²) in [6, 6.07) is 0. The Bertz CT molecular complexity index is 694. The van der Waals surface area contributed by atoms with Crippen molar-refractivity contribution in [2.24, 2.45) is 5.92 Å². The van der Waals surface area contributed by atoms with E-state index < -0.39 is 0 Å². The first-order valence-corrected chi connectivity index (χ1v) is 7.28. The average molecular weight is 306 g/mol. The van der Waals surface area contributed by atoms with E-state index in [0.29, 0.717) is 29.7 Å². The normalized spacial score (nSPS) is 14.2. The molecule has 2 heterocycles. The largest absolute Gasteiger partial charge is 0.374 e. The molecular formula is C14H16ClN5O. The fourth-order valence-electron chi connectivity index (χ4n) is 1.99. The van der Waals surface area contributed by atoms with E-state index in [9.17, 15) is 4.79 Å². The molecule has 21 heavy (non-hydrogen) atoms. The fourth-order valence-corrected chi connectivity index (χ4v) is 2.18. The second-order valence-electron chi connectivity index (χ2n) is 5.30. The molecule has 0 radical (unpaired) electrons. The van der Waals surface area contributed by atoms with Crippen molar-refractivity contribution in [3.8, 4) is 0 Å². The van der Waals surface area contributed by atoms with Gasteiger partial charge in [-0.1, -0.05) is 11.6 Å². The molecule has 2 aromatic rings. The van der Waals surface area contributed by atoms with Crippen LogP contribution in [0.5, 0.6) is 0 Å². The smallest absolute Gasteiger partial charge is 0.291 e. The highest BCUT2D eigenvalue weighted by molar-refractivity contribution is 6.32. The molecule has 1 N–H and O–H groups in total. The van der Waals surface area contributed by atoms with Crippen molar-refractivity contribution in [1.29, 1.82) is 0 Å². The molecule has 0 bridgehead atoms. The van der Waals surface area contributed by atoms with Crippen LogP contribution in [-0.2, 0) is 13.1 Å². The second kappa shape index (κ2) is 5.81. The monoisotopic (exact) mass is 305 g/mol. The quantitative estimate of drug-likeness (QED) is 0.915. The van der Waals surface area contributed by atoms with Crippen molar-refractivity contribution >= 4 is 17.3 Å². The van der Waals surface area contributed by atoms with Crippen LogP contribution >= 0.6 is 11.6 Å².